The SMILES string of the molecule is CCCCO[SiH](OCCCC)C(CC)C(C)C. The van der Waals surface area contributed by atoms with Crippen LogP contribution < -0.4 is 0 Å². The van der Waals surface area contributed by atoms with Gasteiger partial charge in [0.15, 0.2) is 0 Å². The summed E-state index contributed by atoms with van der Waals surface area (Å²) in [7, 11) is -1.47. The van der Waals surface area contributed by atoms with E-state index in [1.54, 1.807) is 0 Å². The van der Waals surface area contributed by atoms with Gasteiger partial charge < -0.3 is 8.85 Å². The molecule has 1 unspecified atom stereocenters. The van der Waals surface area contributed by atoms with Crippen LogP contribution in [0.3, 0.4) is 0 Å². The molecule has 2 nitrogen and oxygen atoms in total. The van der Waals surface area contributed by atoms with E-state index in [-0.39, 0.29) is 0 Å². The summed E-state index contributed by atoms with van der Waals surface area (Å²) < 4.78 is 12.1. The van der Waals surface area contributed by atoms with Crippen LogP contribution in [0.4, 0.5) is 0 Å². The second-order valence-electron chi connectivity index (χ2n) is 5.13. The van der Waals surface area contributed by atoms with Crippen molar-refractivity contribution in [3.05, 3.63) is 0 Å². The highest BCUT2D eigenvalue weighted by Crippen LogP contribution is 2.26. The fraction of sp³-hybridized carbons (Fsp3) is 1.00. The molecule has 0 aromatic carbocycles. The standard InChI is InChI=1S/C14H32O2Si/c1-6-9-11-15-17(16-12-10-7-2)14(8-3)13(4)5/h13-14,17H,6-12H2,1-5H3. The number of rotatable bonds is 11. The second-order valence-corrected chi connectivity index (χ2v) is 7.39. The summed E-state index contributed by atoms with van der Waals surface area (Å²) in [5, 5.41) is 0. The second kappa shape index (κ2) is 11.2. The lowest BCUT2D eigenvalue weighted by Crippen LogP contribution is -2.32. The minimum atomic E-state index is -1.47. The van der Waals surface area contributed by atoms with E-state index in [0.717, 1.165) is 26.1 Å². The van der Waals surface area contributed by atoms with Gasteiger partial charge in [0.2, 0.25) is 0 Å². The molecule has 0 fully saturated rings. The highest BCUT2D eigenvalue weighted by Gasteiger charge is 2.27. The fourth-order valence-corrected chi connectivity index (χ4v) is 4.36. The third-order valence-electron chi connectivity index (χ3n) is 3.24. The Hall–Kier alpha value is 0.137. The third kappa shape index (κ3) is 7.95. The van der Waals surface area contributed by atoms with Crippen LogP contribution in [0.2, 0.25) is 5.54 Å². The van der Waals surface area contributed by atoms with Crippen molar-refractivity contribution in [3.63, 3.8) is 0 Å². The molecule has 0 radical (unpaired) electrons. The van der Waals surface area contributed by atoms with Crippen LogP contribution in [0, 0.1) is 5.92 Å². The Morgan fingerprint density at radius 2 is 1.35 bits per heavy atom. The zero-order valence-corrected chi connectivity index (χ0v) is 13.7. The van der Waals surface area contributed by atoms with Crippen molar-refractivity contribution in [2.24, 2.45) is 5.92 Å². The van der Waals surface area contributed by atoms with Crippen molar-refractivity contribution in [2.75, 3.05) is 13.2 Å². The molecule has 0 aromatic heterocycles. The van der Waals surface area contributed by atoms with Crippen LogP contribution in [-0.4, -0.2) is 22.5 Å². The summed E-state index contributed by atoms with van der Waals surface area (Å²) in [6.45, 7) is 13.0. The summed E-state index contributed by atoms with van der Waals surface area (Å²) in [5.74, 6) is 0.680. The topological polar surface area (TPSA) is 18.5 Å². The molecular weight excluding hydrogens is 228 g/mol. The molecule has 0 heterocycles. The Kier molecular flexibility index (Phi) is 11.3. The first-order valence-electron chi connectivity index (χ1n) is 7.40. The van der Waals surface area contributed by atoms with Gasteiger partial charge in [0.25, 0.3) is 0 Å². The number of unbranched alkanes of at least 4 members (excludes halogenated alkanes) is 2. The van der Waals surface area contributed by atoms with Crippen LogP contribution in [0.5, 0.6) is 0 Å². The van der Waals surface area contributed by atoms with Crippen LogP contribution in [-0.2, 0) is 8.85 Å². The molecule has 0 rings (SSSR count). The molecule has 17 heavy (non-hydrogen) atoms. The van der Waals surface area contributed by atoms with Gasteiger partial charge in [-0.3, -0.25) is 0 Å². The molecule has 0 amide bonds. The van der Waals surface area contributed by atoms with E-state index < -0.39 is 9.28 Å². The highest BCUT2D eigenvalue weighted by molar-refractivity contribution is 6.46. The van der Waals surface area contributed by atoms with Gasteiger partial charge in [0.05, 0.1) is 0 Å². The predicted molar refractivity (Wildman–Crippen MR) is 77.7 cm³/mol. The largest absolute Gasteiger partial charge is 0.396 e. The summed E-state index contributed by atoms with van der Waals surface area (Å²) in [4.78, 5) is 0. The first-order valence-corrected chi connectivity index (χ1v) is 9.01. The molecule has 0 aliphatic rings. The maximum Gasteiger partial charge on any atom is 0.324 e. The van der Waals surface area contributed by atoms with E-state index in [2.05, 4.69) is 34.6 Å². The van der Waals surface area contributed by atoms with E-state index in [9.17, 15) is 0 Å². The lowest BCUT2D eigenvalue weighted by Gasteiger charge is -2.27. The van der Waals surface area contributed by atoms with E-state index >= 15 is 0 Å². The summed E-state index contributed by atoms with van der Waals surface area (Å²) in [6, 6.07) is 0. The lowest BCUT2D eigenvalue weighted by molar-refractivity contribution is 0.175. The molecule has 0 aliphatic carbocycles. The molecule has 0 aromatic rings. The van der Waals surface area contributed by atoms with Gasteiger partial charge in [0, 0.05) is 18.8 Å². The van der Waals surface area contributed by atoms with Crippen LogP contribution >= 0.6 is 0 Å². The van der Waals surface area contributed by atoms with Crippen molar-refractivity contribution in [1.82, 2.24) is 0 Å². The Labute approximate surface area is 110 Å². The van der Waals surface area contributed by atoms with Gasteiger partial charge in [-0.1, -0.05) is 53.9 Å². The van der Waals surface area contributed by atoms with E-state index in [0.29, 0.717) is 11.5 Å². The van der Waals surface area contributed by atoms with Crippen LogP contribution in [0.25, 0.3) is 0 Å². The first kappa shape index (κ1) is 17.1. The quantitative estimate of drug-likeness (QED) is 0.408. The van der Waals surface area contributed by atoms with Gasteiger partial charge >= 0.3 is 9.28 Å². The molecule has 104 valence electrons. The lowest BCUT2D eigenvalue weighted by atomic mass is 10.1. The number of hydrogen-bond acceptors (Lipinski definition) is 2. The van der Waals surface area contributed by atoms with Gasteiger partial charge in [-0.05, 0) is 18.8 Å². The van der Waals surface area contributed by atoms with Crippen molar-refractivity contribution >= 4 is 9.28 Å². The normalized spacial score (nSPS) is 13.6. The maximum atomic E-state index is 6.06. The molecule has 1 atom stereocenters. The van der Waals surface area contributed by atoms with Gasteiger partial charge in [-0.2, -0.15) is 0 Å². The monoisotopic (exact) mass is 260 g/mol. The van der Waals surface area contributed by atoms with Crippen LogP contribution in [0.1, 0.15) is 66.7 Å². The Morgan fingerprint density at radius 1 is 0.882 bits per heavy atom. The van der Waals surface area contributed by atoms with Crippen molar-refractivity contribution in [1.29, 1.82) is 0 Å². The Morgan fingerprint density at radius 3 is 1.65 bits per heavy atom. The zero-order chi connectivity index (χ0) is 13.1. The molecule has 3 heteroatoms. The van der Waals surface area contributed by atoms with Gasteiger partial charge in [-0.25, -0.2) is 0 Å². The zero-order valence-electron chi connectivity index (χ0n) is 12.5. The summed E-state index contributed by atoms with van der Waals surface area (Å²) in [5.41, 5.74) is 0.656. The van der Waals surface area contributed by atoms with Gasteiger partial charge in [0.1, 0.15) is 0 Å². The molecule has 0 bridgehead atoms. The average molecular weight is 260 g/mol. The minimum Gasteiger partial charge on any atom is -0.396 e. The third-order valence-corrected chi connectivity index (χ3v) is 6.31. The molecule has 0 spiro atoms. The van der Waals surface area contributed by atoms with Crippen molar-refractivity contribution in [2.45, 2.75) is 72.3 Å². The predicted octanol–water partition coefficient (Wildman–Crippen LogP) is 4.28. The summed E-state index contributed by atoms with van der Waals surface area (Å²) >= 11 is 0. The Balaban J connectivity index is 4.15. The number of hydrogen-bond donors (Lipinski definition) is 0. The summed E-state index contributed by atoms with van der Waals surface area (Å²) in [6.07, 6.45) is 5.92. The molecule has 0 N–H and O–H groups in total. The first-order chi connectivity index (χ1) is 8.17. The molecule has 0 saturated heterocycles. The molecule has 0 saturated carbocycles. The van der Waals surface area contributed by atoms with E-state index in [1.165, 1.54) is 19.3 Å². The van der Waals surface area contributed by atoms with Crippen molar-refractivity contribution < 1.29 is 8.85 Å². The van der Waals surface area contributed by atoms with Crippen molar-refractivity contribution in [3.8, 4) is 0 Å². The molecule has 0 aliphatic heterocycles. The maximum absolute atomic E-state index is 6.06. The van der Waals surface area contributed by atoms with E-state index in [4.69, 9.17) is 8.85 Å². The van der Waals surface area contributed by atoms with Gasteiger partial charge in [-0.15, -0.1) is 0 Å². The average Bonchev–Trinajstić information content (AvgIpc) is 2.29. The highest BCUT2D eigenvalue weighted by atomic mass is 28.3. The smallest absolute Gasteiger partial charge is 0.324 e. The fourth-order valence-electron chi connectivity index (χ4n) is 1.96. The Bertz CT molecular complexity index is 152. The minimum absolute atomic E-state index is 0.656. The van der Waals surface area contributed by atoms with E-state index in [1.807, 2.05) is 0 Å². The van der Waals surface area contributed by atoms with Crippen LogP contribution in [0.15, 0.2) is 0 Å². The molecular formula is C14H32O2Si.